The molecule has 1 aromatic carbocycles. The molecule has 0 saturated heterocycles. The molecule has 0 unspecified atom stereocenters. The van der Waals surface area contributed by atoms with Gasteiger partial charge in [-0.2, -0.15) is 0 Å². The minimum absolute atomic E-state index is 0.0890. The number of nitrogens with zero attached hydrogens (tertiary/aromatic N) is 1. The fraction of sp³-hybridized carbons (Fsp3) is 0.471. The van der Waals surface area contributed by atoms with Crippen LogP contribution >= 0.6 is 0 Å². The van der Waals surface area contributed by atoms with E-state index in [4.69, 9.17) is 4.74 Å². The van der Waals surface area contributed by atoms with Crippen molar-refractivity contribution in [1.29, 1.82) is 0 Å². The van der Waals surface area contributed by atoms with E-state index in [1.807, 2.05) is 37.3 Å². The Bertz CT molecular complexity index is 515. The molecule has 0 N–H and O–H groups in total. The summed E-state index contributed by atoms with van der Waals surface area (Å²) in [6, 6.07) is 9.38. The number of ether oxygens (including phenoxy) is 2. The molecule has 23 heavy (non-hydrogen) atoms. The van der Waals surface area contributed by atoms with E-state index >= 15 is 0 Å². The smallest absolute Gasteiger partial charge is 0.409 e. The van der Waals surface area contributed by atoms with Crippen molar-refractivity contribution in [3.8, 4) is 0 Å². The summed E-state index contributed by atoms with van der Waals surface area (Å²) in [6.07, 6.45) is 0.921. The highest BCUT2D eigenvalue weighted by atomic mass is 16.6. The minimum atomic E-state index is -0.561. The number of esters is 2. The number of carbonyl (C=O) groups is 3. The van der Waals surface area contributed by atoms with Crippen molar-refractivity contribution in [3.63, 3.8) is 0 Å². The lowest BCUT2D eigenvalue weighted by molar-refractivity contribution is -0.159. The van der Waals surface area contributed by atoms with Crippen LogP contribution in [0.2, 0.25) is 0 Å². The number of benzene rings is 1. The van der Waals surface area contributed by atoms with Crippen molar-refractivity contribution >= 4 is 18.0 Å². The molecule has 6 nitrogen and oxygen atoms in total. The van der Waals surface area contributed by atoms with Crippen molar-refractivity contribution in [2.24, 2.45) is 0 Å². The normalized spacial score (nSPS) is 10.0. The standard InChI is InChI=1S/C17H23NO5/c1-3-8-15(19)23-16(20)11-7-12-18(2)17(21)22-13-14-9-5-4-6-10-14/h4-6,9-10H,3,7-8,11-13H2,1-2H3. The van der Waals surface area contributed by atoms with Crippen LogP contribution in [-0.4, -0.2) is 36.5 Å². The van der Waals surface area contributed by atoms with Crippen LogP contribution in [0, 0.1) is 0 Å². The van der Waals surface area contributed by atoms with E-state index in [1.165, 1.54) is 4.90 Å². The highest BCUT2D eigenvalue weighted by molar-refractivity contribution is 5.85. The second-order valence-electron chi connectivity index (χ2n) is 5.16. The van der Waals surface area contributed by atoms with Crippen LogP contribution in [0.15, 0.2) is 30.3 Å². The van der Waals surface area contributed by atoms with Gasteiger partial charge in [-0.1, -0.05) is 37.3 Å². The maximum atomic E-state index is 11.8. The fourth-order valence-corrected chi connectivity index (χ4v) is 1.81. The van der Waals surface area contributed by atoms with E-state index < -0.39 is 18.0 Å². The summed E-state index contributed by atoms with van der Waals surface area (Å²) in [7, 11) is 1.60. The minimum Gasteiger partial charge on any atom is -0.445 e. The second-order valence-corrected chi connectivity index (χ2v) is 5.16. The van der Waals surface area contributed by atoms with E-state index in [1.54, 1.807) is 7.05 Å². The van der Waals surface area contributed by atoms with Crippen LogP contribution in [0.3, 0.4) is 0 Å². The van der Waals surface area contributed by atoms with Crippen molar-refractivity contribution in [3.05, 3.63) is 35.9 Å². The first-order valence-corrected chi connectivity index (χ1v) is 7.68. The zero-order valence-corrected chi connectivity index (χ0v) is 13.6. The van der Waals surface area contributed by atoms with E-state index in [-0.39, 0.29) is 19.4 Å². The Balaban J connectivity index is 2.20. The summed E-state index contributed by atoms with van der Waals surface area (Å²) in [6.45, 7) is 2.39. The Morgan fingerprint density at radius 1 is 1.04 bits per heavy atom. The molecule has 0 heterocycles. The summed E-state index contributed by atoms with van der Waals surface area (Å²) in [5.41, 5.74) is 0.910. The topological polar surface area (TPSA) is 72.9 Å². The molecule has 126 valence electrons. The van der Waals surface area contributed by atoms with Crippen LogP contribution in [0.5, 0.6) is 0 Å². The lowest BCUT2D eigenvalue weighted by Gasteiger charge is -2.16. The average molecular weight is 321 g/mol. The van der Waals surface area contributed by atoms with Crippen LogP contribution in [0.4, 0.5) is 4.79 Å². The summed E-state index contributed by atoms with van der Waals surface area (Å²) >= 11 is 0. The highest BCUT2D eigenvalue weighted by Gasteiger charge is 2.13. The fourth-order valence-electron chi connectivity index (χ4n) is 1.81. The van der Waals surface area contributed by atoms with Crippen molar-refractivity contribution in [1.82, 2.24) is 4.90 Å². The summed E-state index contributed by atoms with van der Waals surface area (Å²) in [5.74, 6) is -1.07. The number of hydrogen-bond acceptors (Lipinski definition) is 5. The molecule has 6 heteroatoms. The Morgan fingerprint density at radius 2 is 1.70 bits per heavy atom. The van der Waals surface area contributed by atoms with Gasteiger partial charge in [0.05, 0.1) is 0 Å². The van der Waals surface area contributed by atoms with Gasteiger partial charge in [0, 0.05) is 26.4 Å². The maximum Gasteiger partial charge on any atom is 0.409 e. The van der Waals surface area contributed by atoms with Crippen molar-refractivity contribution in [2.45, 2.75) is 39.2 Å². The van der Waals surface area contributed by atoms with Gasteiger partial charge in [-0.3, -0.25) is 9.59 Å². The van der Waals surface area contributed by atoms with Gasteiger partial charge in [0.2, 0.25) is 0 Å². The molecule has 1 rings (SSSR count). The van der Waals surface area contributed by atoms with E-state index in [9.17, 15) is 14.4 Å². The lowest BCUT2D eigenvalue weighted by atomic mass is 10.2. The zero-order chi connectivity index (χ0) is 17.1. The molecule has 0 fully saturated rings. The van der Waals surface area contributed by atoms with Gasteiger partial charge in [-0.25, -0.2) is 4.79 Å². The molecule has 1 aromatic rings. The second kappa shape index (κ2) is 10.4. The van der Waals surface area contributed by atoms with E-state index in [2.05, 4.69) is 4.74 Å². The van der Waals surface area contributed by atoms with Gasteiger partial charge in [-0.05, 0) is 18.4 Å². The quantitative estimate of drug-likeness (QED) is 0.544. The number of carbonyl (C=O) groups excluding carboxylic acids is 3. The predicted octanol–water partition coefficient (Wildman–Crippen LogP) is 2.91. The summed E-state index contributed by atoms with van der Waals surface area (Å²) < 4.78 is 9.79. The summed E-state index contributed by atoms with van der Waals surface area (Å²) in [5, 5.41) is 0. The van der Waals surface area contributed by atoms with Gasteiger partial charge in [0.1, 0.15) is 6.61 Å². The molecule has 0 saturated carbocycles. The molecule has 0 aliphatic rings. The average Bonchev–Trinajstić information content (AvgIpc) is 2.53. The van der Waals surface area contributed by atoms with E-state index in [0.29, 0.717) is 19.4 Å². The third kappa shape index (κ3) is 7.99. The van der Waals surface area contributed by atoms with Gasteiger partial charge in [0.25, 0.3) is 0 Å². The Kier molecular flexibility index (Phi) is 8.42. The molecule has 0 aliphatic carbocycles. The zero-order valence-electron chi connectivity index (χ0n) is 13.6. The lowest BCUT2D eigenvalue weighted by Crippen LogP contribution is -2.28. The van der Waals surface area contributed by atoms with Crippen LogP contribution in [-0.2, 0) is 25.7 Å². The molecule has 0 spiro atoms. The van der Waals surface area contributed by atoms with E-state index in [0.717, 1.165) is 5.56 Å². The van der Waals surface area contributed by atoms with Gasteiger partial charge in [0.15, 0.2) is 0 Å². The number of amides is 1. The molecule has 0 radical (unpaired) electrons. The van der Waals surface area contributed by atoms with Crippen molar-refractivity contribution in [2.75, 3.05) is 13.6 Å². The van der Waals surface area contributed by atoms with Gasteiger partial charge in [-0.15, -0.1) is 0 Å². The number of rotatable bonds is 8. The van der Waals surface area contributed by atoms with Gasteiger partial charge < -0.3 is 14.4 Å². The Labute approximate surface area is 136 Å². The Hall–Kier alpha value is -2.37. The number of hydrogen-bond donors (Lipinski definition) is 0. The first-order chi connectivity index (χ1) is 11.0. The molecular weight excluding hydrogens is 298 g/mol. The highest BCUT2D eigenvalue weighted by Crippen LogP contribution is 2.04. The first kappa shape index (κ1) is 18.7. The van der Waals surface area contributed by atoms with Crippen LogP contribution in [0.25, 0.3) is 0 Å². The molecule has 0 bridgehead atoms. The van der Waals surface area contributed by atoms with Crippen LogP contribution < -0.4 is 0 Å². The third-order valence-corrected chi connectivity index (χ3v) is 3.07. The molecule has 1 amide bonds. The predicted molar refractivity (Wildman–Crippen MR) is 84.5 cm³/mol. The monoisotopic (exact) mass is 321 g/mol. The van der Waals surface area contributed by atoms with Gasteiger partial charge >= 0.3 is 18.0 Å². The van der Waals surface area contributed by atoms with Crippen molar-refractivity contribution < 1.29 is 23.9 Å². The Morgan fingerprint density at radius 3 is 2.35 bits per heavy atom. The summed E-state index contributed by atoms with van der Waals surface area (Å²) in [4.78, 5) is 35.7. The molecule has 0 atom stereocenters. The molecule has 0 aliphatic heterocycles. The maximum absolute atomic E-state index is 11.8. The SMILES string of the molecule is CCCC(=O)OC(=O)CCCN(C)C(=O)OCc1ccccc1. The first-order valence-electron chi connectivity index (χ1n) is 7.68. The molecular formula is C17H23NO5. The third-order valence-electron chi connectivity index (χ3n) is 3.07. The largest absolute Gasteiger partial charge is 0.445 e. The molecule has 0 aromatic heterocycles. The van der Waals surface area contributed by atoms with Crippen LogP contribution in [0.1, 0.15) is 38.2 Å².